The second-order valence-electron chi connectivity index (χ2n) is 4.10. The van der Waals surface area contributed by atoms with Crippen LogP contribution >= 0.6 is 11.8 Å². The first-order valence-corrected chi connectivity index (χ1v) is 6.53. The first-order valence-electron chi connectivity index (χ1n) is 5.54. The minimum atomic E-state index is -0.370. The Kier molecular flexibility index (Phi) is 4.18. The third-order valence-corrected chi connectivity index (χ3v) is 4.03. The van der Waals surface area contributed by atoms with Crippen LogP contribution in [0.1, 0.15) is 12.8 Å². The highest BCUT2D eigenvalue weighted by Gasteiger charge is 2.14. The maximum Gasteiger partial charge on any atom is 0.136 e. The van der Waals surface area contributed by atoms with Gasteiger partial charge in [-0.1, -0.05) is 0 Å². The van der Waals surface area contributed by atoms with Crippen LogP contribution in [0.25, 0.3) is 0 Å². The van der Waals surface area contributed by atoms with Gasteiger partial charge in [-0.05, 0) is 50.0 Å². The Hall–Kier alpha value is -0.610. The van der Waals surface area contributed by atoms with Crippen molar-refractivity contribution >= 4 is 11.8 Å². The predicted octanol–water partition coefficient (Wildman–Crippen LogP) is 3.06. The highest BCUT2D eigenvalue weighted by molar-refractivity contribution is 7.99. The van der Waals surface area contributed by atoms with Gasteiger partial charge in [-0.25, -0.2) is 8.78 Å². The van der Waals surface area contributed by atoms with E-state index in [4.69, 9.17) is 0 Å². The first kappa shape index (κ1) is 11.9. The third-order valence-electron chi connectivity index (χ3n) is 2.77. The van der Waals surface area contributed by atoms with Gasteiger partial charge in [0.1, 0.15) is 11.6 Å². The van der Waals surface area contributed by atoms with E-state index in [0.717, 1.165) is 24.9 Å². The number of hydrogen-bond donors (Lipinski definition) is 1. The quantitative estimate of drug-likeness (QED) is 0.819. The van der Waals surface area contributed by atoms with Crippen molar-refractivity contribution in [2.45, 2.75) is 17.7 Å². The van der Waals surface area contributed by atoms with Gasteiger partial charge in [0.15, 0.2) is 0 Å². The molecule has 0 radical (unpaired) electrons. The Morgan fingerprint density at radius 1 is 1.38 bits per heavy atom. The molecule has 1 nitrogen and oxygen atoms in total. The van der Waals surface area contributed by atoms with Crippen LogP contribution in [0.2, 0.25) is 0 Å². The number of rotatable bonds is 3. The van der Waals surface area contributed by atoms with Gasteiger partial charge in [-0.2, -0.15) is 0 Å². The zero-order chi connectivity index (χ0) is 11.4. The second-order valence-corrected chi connectivity index (χ2v) is 5.16. The molecule has 1 N–H and O–H groups in total. The molecule has 0 amide bonds. The molecule has 16 heavy (non-hydrogen) atoms. The van der Waals surface area contributed by atoms with Gasteiger partial charge in [0.2, 0.25) is 0 Å². The Morgan fingerprint density at radius 3 is 3.00 bits per heavy atom. The van der Waals surface area contributed by atoms with E-state index in [1.807, 2.05) is 0 Å². The summed E-state index contributed by atoms with van der Waals surface area (Å²) in [6.45, 7) is 2.07. The van der Waals surface area contributed by atoms with Gasteiger partial charge < -0.3 is 5.32 Å². The largest absolute Gasteiger partial charge is 0.316 e. The predicted molar refractivity (Wildman–Crippen MR) is 62.7 cm³/mol. The molecule has 0 bridgehead atoms. The molecule has 1 fully saturated rings. The van der Waals surface area contributed by atoms with E-state index >= 15 is 0 Å². The number of piperidine rings is 1. The molecule has 1 aromatic carbocycles. The van der Waals surface area contributed by atoms with Crippen LogP contribution in [-0.4, -0.2) is 18.8 Å². The molecule has 0 saturated carbocycles. The second kappa shape index (κ2) is 5.64. The molecule has 1 aliphatic rings. The van der Waals surface area contributed by atoms with Crippen LogP contribution in [0.5, 0.6) is 0 Å². The van der Waals surface area contributed by atoms with E-state index < -0.39 is 0 Å². The lowest BCUT2D eigenvalue weighted by molar-refractivity contribution is 0.410. The van der Waals surface area contributed by atoms with Crippen molar-refractivity contribution in [1.29, 1.82) is 0 Å². The van der Waals surface area contributed by atoms with Crippen molar-refractivity contribution in [2.24, 2.45) is 5.92 Å². The normalized spacial score (nSPS) is 21.0. The number of halogens is 2. The van der Waals surface area contributed by atoms with E-state index in [2.05, 4.69) is 5.32 Å². The summed E-state index contributed by atoms with van der Waals surface area (Å²) in [6, 6.07) is 3.62. The van der Waals surface area contributed by atoms with Crippen molar-refractivity contribution in [2.75, 3.05) is 18.8 Å². The van der Waals surface area contributed by atoms with E-state index in [1.54, 1.807) is 0 Å². The van der Waals surface area contributed by atoms with Crippen LogP contribution < -0.4 is 5.32 Å². The summed E-state index contributed by atoms with van der Waals surface area (Å²) >= 11 is 1.41. The van der Waals surface area contributed by atoms with Gasteiger partial charge in [0, 0.05) is 10.6 Å². The highest BCUT2D eigenvalue weighted by atomic mass is 32.2. The number of benzene rings is 1. The number of nitrogens with one attached hydrogen (secondary N) is 1. The molecule has 2 rings (SSSR count). The Labute approximate surface area is 98.6 Å². The summed E-state index contributed by atoms with van der Waals surface area (Å²) in [5.41, 5.74) is 0. The molecule has 4 heteroatoms. The maximum absolute atomic E-state index is 13.3. The minimum Gasteiger partial charge on any atom is -0.316 e. The van der Waals surface area contributed by atoms with Gasteiger partial charge >= 0.3 is 0 Å². The summed E-state index contributed by atoms with van der Waals surface area (Å²) in [6.07, 6.45) is 2.35. The van der Waals surface area contributed by atoms with Crippen molar-refractivity contribution in [1.82, 2.24) is 5.32 Å². The van der Waals surface area contributed by atoms with Crippen LogP contribution in [-0.2, 0) is 0 Å². The molecule has 0 aliphatic carbocycles. The van der Waals surface area contributed by atoms with Gasteiger partial charge in [-0.15, -0.1) is 11.8 Å². The third kappa shape index (κ3) is 3.19. The highest BCUT2D eigenvalue weighted by Crippen LogP contribution is 2.26. The Bertz CT molecular complexity index is 351. The first-order chi connectivity index (χ1) is 7.75. The molecule has 0 spiro atoms. The molecule has 1 aromatic rings. The summed E-state index contributed by atoms with van der Waals surface area (Å²) in [4.78, 5) is 0.422. The zero-order valence-electron chi connectivity index (χ0n) is 9.01. The average Bonchev–Trinajstić information content (AvgIpc) is 2.32. The molecule has 0 aromatic heterocycles. The van der Waals surface area contributed by atoms with Gasteiger partial charge in [0.25, 0.3) is 0 Å². The molecule has 1 aliphatic heterocycles. The molecule has 1 heterocycles. The lowest BCUT2D eigenvalue weighted by atomic mass is 10.0. The summed E-state index contributed by atoms with van der Waals surface area (Å²) in [5.74, 6) is 0.732. The van der Waals surface area contributed by atoms with Crippen LogP contribution in [0.15, 0.2) is 23.1 Å². The van der Waals surface area contributed by atoms with E-state index in [9.17, 15) is 8.78 Å². The van der Waals surface area contributed by atoms with Crippen LogP contribution in [0.4, 0.5) is 8.78 Å². The monoisotopic (exact) mass is 243 g/mol. The molecule has 1 unspecified atom stereocenters. The molecular formula is C12H15F2NS. The van der Waals surface area contributed by atoms with E-state index in [-0.39, 0.29) is 11.6 Å². The zero-order valence-corrected chi connectivity index (χ0v) is 9.83. The lowest BCUT2D eigenvalue weighted by Crippen LogP contribution is -2.30. The van der Waals surface area contributed by atoms with Gasteiger partial charge in [-0.3, -0.25) is 0 Å². The van der Waals surface area contributed by atoms with E-state index in [1.165, 1.54) is 36.7 Å². The van der Waals surface area contributed by atoms with Gasteiger partial charge in [0.05, 0.1) is 0 Å². The average molecular weight is 243 g/mol. The molecule has 1 saturated heterocycles. The fourth-order valence-electron chi connectivity index (χ4n) is 1.86. The fourth-order valence-corrected chi connectivity index (χ4v) is 2.96. The van der Waals surface area contributed by atoms with Crippen LogP contribution in [0, 0.1) is 17.6 Å². The Morgan fingerprint density at radius 2 is 2.25 bits per heavy atom. The maximum atomic E-state index is 13.3. The Balaban J connectivity index is 1.90. The number of hydrogen-bond acceptors (Lipinski definition) is 2. The fraction of sp³-hybridized carbons (Fsp3) is 0.500. The van der Waals surface area contributed by atoms with E-state index in [0.29, 0.717) is 10.8 Å². The van der Waals surface area contributed by atoms with Crippen molar-refractivity contribution in [3.63, 3.8) is 0 Å². The molecule has 1 atom stereocenters. The van der Waals surface area contributed by atoms with Crippen molar-refractivity contribution in [3.8, 4) is 0 Å². The summed E-state index contributed by atoms with van der Waals surface area (Å²) in [7, 11) is 0. The number of thioether (sulfide) groups is 1. The van der Waals surface area contributed by atoms with Crippen molar-refractivity contribution < 1.29 is 8.78 Å². The van der Waals surface area contributed by atoms with Crippen LogP contribution in [0.3, 0.4) is 0 Å². The summed E-state index contributed by atoms with van der Waals surface area (Å²) in [5, 5.41) is 3.32. The topological polar surface area (TPSA) is 12.0 Å². The molecule has 88 valence electrons. The smallest absolute Gasteiger partial charge is 0.136 e. The van der Waals surface area contributed by atoms with Crippen molar-refractivity contribution in [3.05, 3.63) is 29.8 Å². The standard InChI is InChI=1S/C12H15F2NS/c13-10-3-4-11(14)12(6-10)16-8-9-2-1-5-15-7-9/h3-4,6,9,15H,1-2,5,7-8H2. The SMILES string of the molecule is Fc1ccc(F)c(SCC2CCCNC2)c1. The lowest BCUT2D eigenvalue weighted by Gasteiger charge is -2.22. The molecular weight excluding hydrogens is 228 g/mol. The summed E-state index contributed by atoms with van der Waals surface area (Å²) < 4.78 is 26.2. The minimum absolute atomic E-state index is 0.324.